The molecule has 0 aliphatic carbocycles. The monoisotopic (exact) mass is 432 g/mol. The van der Waals surface area contributed by atoms with Gasteiger partial charge in [0.2, 0.25) is 5.91 Å². The van der Waals surface area contributed by atoms with Crippen LogP contribution in [-0.4, -0.2) is 32.0 Å². The lowest BCUT2D eigenvalue weighted by atomic mass is 9.90. The summed E-state index contributed by atoms with van der Waals surface area (Å²) in [6, 6.07) is 13.2. The Morgan fingerprint density at radius 1 is 1.19 bits per heavy atom. The molecule has 0 saturated carbocycles. The number of anilines is 1. The normalized spacial score (nSPS) is 17.5. The molecule has 5 nitrogen and oxygen atoms in total. The molecule has 1 aliphatic rings. The Morgan fingerprint density at radius 3 is 2.71 bits per heavy atom. The van der Waals surface area contributed by atoms with Gasteiger partial charge in [-0.2, -0.15) is 13.2 Å². The second kappa shape index (κ2) is 9.85. The Morgan fingerprint density at radius 2 is 1.97 bits per heavy atom. The number of nitrogens with one attached hydrogen (secondary N) is 3. The molecule has 0 saturated heterocycles. The SMILES string of the molecule is CN=C(NCCC(C)c1cccc(C(F)(F)F)c1)NCC1CC(=O)Nc2ccccc21. The molecule has 0 radical (unpaired) electrons. The second-order valence-electron chi connectivity index (χ2n) is 7.73. The molecule has 3 rings (SSSR count). The van der Waals surface area contributed by atoms with E-state index in [1.54, 1.807) is 13.1 Å². The average Bonchev–Trinajstić information content (AvgIpc) is 2.75. The third-order valence-electron chi connectivity index (χ3n) is 5.50. The first-order valence-corrected chi connectivity index (χ1v) is 10.3. The second-order valence-corrected chi connectivity index (χ2v) is 7.73. The lowest BCUT2D eigenvalue weighted by Crippen LogP contribution is -2.41. The zero-order valence-corrected chi connectivity index (χ0v) is 17.6. The minimum atomic E-state index is -4.34. The molecule has 3 N–H and O–H groups in total. The highest BCUT2D eigenvalue weighted by Crippen LogP contribution is 2.32. The van der Waals surface area contributed by atoms with E-state index in [9.17, 15) is 18.0 Å². The molecule has 166 valence electrons. The third-order valence-corrected chi connectivity index (χ3v) is 5.50. The van der Waals surface area contributed by atoms with Crippen LogP contribution in [0.15, 0.2) is 53.5 Å². The quantitative estimate of drug-likeness (QED) is 0.466. The van der Waals surface area contributed by atoms with Crippen LogP contribution in [-0.2, 0) is 11.0 Å². The maximum Gasteiger partial charge on any atom is 0.416 e. The highest BCUT2D eigenvalue weighted by molar-refractivity contribution is 5.94. The zero-order chi connectivity index (χ0) is 22.4. The number of alkyl halides is 3. The van der Waals surface area contributed by atoms with Gasteiger partial charge in [0, 0.05) is 38.2 Å². The first-order valence-electron chi connectivity index (χ1n) is 10.3. The smallest absolute Gasteiger partial charge is 0.356 e. The van der Waals surface area contributed by atoms with Crippen molar-refractivity contribution in [1.29, 1.82) is 0 Å². The lowest BCUT2D eigenvalue weighted by Gasteiger charge is -2.26. The van der Waals surface area contributed by atoms with Gasteiger partial charge in [-0.1, -0.05) is 43.3 Å². The van der Waals surface area contributed by atoms with Crippen LogP contribution in [0.4, 0.5) is 18.9 Å². The van der Waals surface area contributed by atoms with Crippen molar-refractivity contribution in [1.82, 2.24) is 10.6 Å². The molecule has 8 heteroatoms. The maximum atomic E-state index is 12.9. The minimum absolute atomic E-state index is 0.0108. The molecule has 0 spiro atoms. The number of fused-ring (bicyclic) bond motifs is 1. The molecule has 2 atom stereocenters. The minimum Gasteiger partial charge on any atom is -0.356 e. The Kier molecular flexibility index (Phi) is 7.20. The van der Waals surface area contributed by atoms with E-state index in [1.807, 2.05) is 31.2 Å². The van der Waals surface area contributed by atoms with Crippen LogP contribution in [0.1, 0.15) is 48.3 Å². The number of amides is 1. The standard InChI is InChI=1S/C23H27F3N4O/c1-15(16-6-5-7-18(12-16)23(24,25)26)10-11-28-22(27-2)29-14-17-13-21(31)30-20-9-4-3-8-19(17)20/h3-9,12,15,17H,10-11,13-14H2,1-2H3,(H,30,31)(H2,27,28,29). The maximum absolute atomic E-state index is 12.9. The number of carbonyl (C=O) groups excluding carboxylic acids is 1. The van der Waals surface area contributed by atoms with Gasteiger partial charge in [-0.15, -0.1) is 0 Å². The third kappa shape index (κ3) is 5.99. The number of hydrogen-bond acceptors (Lipinski definition) is 2. The van der Waals surface area contributed by atoms with E-state index < -0.39 is 11.7 Å². The predicted octanol–water partition coefficient (Wildman–Crippen LogP) is 4.49. The molecule has 1 amide bonds. The van der Waals surface area contributed by atoms with Gasteiger partial charge in [0.25, 0.3) is 0 Å². The molecule has 0 aromatic heterocycles. The summed E-state index contributed by atoms with van der Waals surface area (Å²) in [5.74, 6) is 0.581. The number of nitrogens with zero attached hydrogens (tertiary/aromatic N) is 1. The fourth-order valence-electron chi connectivity index (χ4n) is 3.72. The summed E-state index contributed by atoms with van der Waals surface area (Å²) in [4.78, 5) is 16.2. The van der Waals surface area contributed by atoms with Gasteiger partial charge in [0.15, 0.2) is 5.96 Å². The van der Waals surface area contributed by atoms with Crippen molar-refractivity contribution in [2.24, 2.45) is 4.99 Å². The van der Waals surface area contributed by atoms with Crippen molar-refractivity contribution in [3.63, 3.8) is 0 Å². The number of carbonyl (C=O) groups is 1. The summed E-state index contributed by atoms with van der Waals surface area (Å²) in [6.45, 7) is 3.01. The molecule has 2 unspecified atom stereocenters. The number of aliphatic imine (C=N–C) groups is 1. The molecule has 2 aromatic carbocycles. The fraction of sp³-hybridized carbons (Fsp3) is 0.391. The summed E-state index contributed by atoms with van der Waals surface area (Å²) in [7, 11) is 1.66. The summed E-state index contributed by atoms with van der Waals surface area (Å²) >= 11 is 0. The molecule has 0 fully saturated rings. The molecule has 0 bridgehead atoms. The van der Waals surface area contributed by atoms with Gasteiger partial charge in [0.05, 0.1) is 5.56 Å². The van der Waals surface area contributed by atoms with Gasteiger partial charge in [-0.05, 0) is 35.6 Å². The molecular formula is C23H27F3N4O. The van der Waals surface area contributed by atoms with Gasteiger partial charge in [-0.25, -0.2) is 0 Å². The van der Waals surface area contributed by atoms with Crippen molar-refractivity contribution in [3.8, 4) is 0 Å². The van der Waals surface area contributed by atoms with Gasteiger partial charge in [0.1, 0.15) is 0 Å². The first kappa shape index (κ1) is 22.7. The first-order chi connectivity index (χ1) is 14.8. The number of hydrogen-bond donors (Lipinski definition) is 3. The molecule has 31 heavy (non-hydrogen) atoms. The summed E-state index contributed by atoms with van der Waals surface area (Å²) in [6.07, 6.45) is -3.29. The zero-order valence-electron chi connectivity index (χ0n) is 17.6. The van der Waals surface area contributed by atoms with Crippen LogP contribution >= 0.6 is 0 Å². The van der Waals surface area contributed by atoms with Crippen LogP contribution < -0.4 is 16.0 Å². The van der Waals surface area contributed by atoms with Crippen LogP contribution in [0, 0.1) is 0 Å². The van der Waals surface area contributed by atoms with Crippen LogP contribution in [0.3, 0.4) is 0 Å². The lowest BCUT2D eigenvalue weighted by molar-refractivity contribution is -0.137. The van der Waals surface area contributed by atoms with Crippen molar-refractivity contribution in [3.05, 3.63) is 65.2 Å². The van der Waals surface area contributed by atoms with E-state index >= 15 is 0 Å². The highest BCUT2D eigenvalue weighted by atomic mass is 19.4. The van der Waals surface area contributed by atoms with Crippen LogP contribution in [0.2, 0.25) is 0 Å². The Hall–Kier alpha value is -3.03. The Bertz CT molecular complexity index is 942. The summed E-state index contributed by atoms with van der Waals surface area (Å²) in [5.41, 5.74) is 1.95. The Labute approximate surface area is 180 Å². The fourth-order valence-corrected chi connectivity index (χ4v) is 3.72. The Balaban J connectivity index is 1.51. The topological polar surface area (TPSA) is 65.5 Å². The van der Waals surface area contributed by atoms with Crippen molar-refractivity contribution in [2.45, 2.75) is 37.8 Å². The highest BCUT2D eigenvalue weighted by Gasteiger charge is 2.30. The molecule has 1 aliphatic heterocycles. The van der Waals surface area contributed by atoms with Crippen LogP contribution in [0.25, 0.3) is 0 Å². The molecular weight excluding hydrogens is 405 g/mol. The predicted molar refractivity (Wildman–Crippen MR) is 116 cm³/mol. The largest absolute Gasteiger partial charge is 0.416 e. The van der Waals surface area contributed by atoms with Crippen molar-refractivity contribution >= 4 is 17.6 Å². The van der Waals surface area contributed by atoms with Gasteiger partial charge in [-0.3, -0.25) is 9.79 Å². The average molecular weight is 432 g/mol. The van der Waals surface area contributed by atoms with Gasteiger partial charge >= 0.3 is 6.18 Å². The van der Waals surface area contributed by atoms with Gasteiger partial charge < -0.3 is 16.0 Å². The number of halogens is 3. The van der Waals surface area contributed by atoms with Crippen molar-refractivity contribution in [2.75, 3.05) is 25.5 Å². The molecule has 1 heterocycles. The summed E-state index contributed by atoms with van der Waals surface area (Å²) in [5, 5.41) is 9.34. The number of guanidine groups is 1. The van der Waals surface area contributed by atoms with Crippen molar-refractivity contribution < 1.29 is 18.0 Å². The van der Waals surface area contributed by atoms with Crippen LogP contribution in [0.5, 0.6) is 0 Å². The van der Waals surface area contributed by atoms with E-state index in [0.717, 1.165) is 17.3 Å². The van der Waals surface area contributed by atoms with E-state index in [-0.39, 0.29) is 17.7 Å². The molecule has 2 aromatic rings. The summed E-state index contributed by atoms with van der Waals surface area (Å²) < 4.78 is 38.8. The van der Waals surface area contributed by atoms with E-state index in [0.29, 0.717) is 37.5 Å². The van der Waals surface area contributed by atoms with E-state index in [1.165, 1.54) is 12.1 Å². The van der Waals surface area contributed by atoms with E-state index in [4.69, 9.17) is 0 Å². The van der Waals surface area contributed by atoms with E-state index in [2.05, 4.69) is 20.9 Å². The number of benzene rings is 2. The number of rotatable bonds is 6. The number of para-hydroxylation sites is 1.